The second-order valence-electron chi connectivity index (χ2n) is 8.14. The van der Waals surface area contributed by atoms with Gasteiger partial charge in [-0.25, -0.2) is 0 Å². The Morgan fingerprint density at radius 2 is 1.56 bits per heavy atom. The van der Waals surface area contributed by atoms with E-state index in [1.54, 1.807) is 83.8 Å². The topological polar surface area (TPSA) is 86.1 Å². The number of aryl methyl sites for hydroxylation is 1. The molecule has 0 aliphatic rings. The van der Waals surface area contributed by atoms with E-state index in [1.807, 2.05) is 37.5 Å². The molecule has 0 bridgehead atoms. The van der Waals surface area contributed by atoms with Gasteiger partial charge in [0.2, 0.25) is 0 Å². The van der Waals surface area contributed by atoms with Crippen molar-refractivity contribution in [2.45, 2.75) is 0 Å². The van der Waals surface area contributed by atoms with Crippen molar-refractivity contribution < 1.29 is 14.3 Å². The lowest BCUT2D eigenvalue weighted by Gasteiger charge is -2.10. The van der Waals surface area contributed by atoms with Crippen LogP contribution in [0.1, 0.15) is 26.3 Å². The lowest BCUT2D eigenvalue weighted by atomic mass is 10.0. The van der Waals surface area contributed by atoms with E-state index in [4.69, 9.17) is 4.74 Å². The lowest BCUT2D eigenvalue weighted by molar-refractivity contribution is 0.102. The Hall–Kier alpha value is -5.04. The van der Waals surface area contributed by atoms with Gasteiger partial charge in [-0.2, -0.15) is 5.10 Å². The average molecular weight is 475 g/mol. The van der Waals surface area contributed by atoms with Crippen molar-refractivity contribution in [3.8, 4) is 22.8 Å². The smallest absolute Gasteiger partial charge is 0.255 e. The Labute approximate surface area is 208 Å². The Bertz CT molecular complexity index is 1540. The van der Waals surface area contributed by atoms with E-state index in [0.29, 0.717) is 33.9 Å². The first-order chi connectivity index (χ1) is 17.5. The van der Waals surface area contributed by atoms with E-state index in [2.05, 4.69) is 15.4 Å². The van der Waals surface area contributed by atoms with Crippen LogP contribution in [-0.2, 0) is 7.05 Å². The summed E-state index contributed by atoms with van der Waals surface area (Å²) >= 11 is 0. The number of nitrogens with zero attached hydrogens (tertiary/aromatic N) is 3. The number of nitrogens with one attached hydrogen (secondary N) is 1. The maximum Gasteiger partial charge on any atom is 0.255 e. The van der Waals surface area contributed by atoms with Crippen LogP contribution in [0.25, 0.3) is 11.3 Å². The Balaban J connectivity index is 1.30. The Morgan fingerprint density at radius 3 is 2.36 bits per heavy atom. The summed E-state index contributed by atoms with van der Waals surface area (Å²) in [4.78, 5) is 30.1. The zero-order chi connectivity index (χ0) is 24.9. The largest absolute Gasteiger partial charge is 0.457 e. The normalized spacial score (nSPS) is 10.6. The summed E-state index contributed by atoms with van der Waals surface area (Å²) in [6.07, 6.45) is 5.29. The van der Waals surface area contributed by atoms with Gasteiger partial charge in [0, 0.05) is 59.5 Å². The van der Waals surface area contributed by atoms with Gasteiger partial charge in [-0.1, -0.05) is 48.5 Å². The zero-order valence-corrected chi connectivity index (χ0v) is 19.5. The number of carbonyl (C=O) groups is 2. The van der Waals surface area contributed by atoms with Crippen LogP contribution < -0.4 is 10.1 Å². The van der Waals surface area contributed by atoms with Gasteiger partial charge in [-0.15, -0.1) is 0 Å². The third-order valence-electron chi connectivity index (χ3n) is 5.48. The minimum absolute atomic E-state index is 0.136. The van der Waals surface area contributed by atoms with Gasteiger partial charge in [0.1, 0.15) is 11.5 Å². The van der Waals surface area contributed by atoms with Gasteiger partial charge >= 0.3 is 0 Å². The van der Waals surface area contributed by atoms with Crippen molar-refractivity contribution in [2.75, 3.05) is 5.32 Å². The fourth-order valence-electron chi connectivity index (χ4n) is 3.72. The number of amides is 1. The number of hydrogen-bond acceptors (Lipinski definition) is 5. The number of hydrogen-bond donors (Lipinski definition) is 1. The molecule has 1 N–H and O–H groups in total. The number of ether oxygens (including phenoxy) is 1. The molecule has 5 aromatic rings. The summed E-state index contributed by atoms with van der Waals surface area (Å²) in [5.41, 5.74) is 3.61. The van der Waals surface area contributed by atoms with Gasteiger partial charge in [0.05, 0.1) is 11.9 Å². The fourth-order valence-corrected chi connectivity index (χ4v) is 3.72. The van der Waals surface area contributed by atoms with E-state index < -0.39 is 0 Å². The highest BCUT2D eigenvalue weighted by molar-refractivity contribution is 6.11. The molecule has 0 unspecified atom stereocenters. The van der Waals surface area contributed by atoms with Gasteiger partial charge in [-0.05, 0) is 30.3 Å². The fraction of sp³-hybridized carbons (Fsp3) is 0.0345. The first kappa shape index (κ1) is 22.7. The standard InChI is InChI=1S/C29H22N4O3/c1-33-19-23(18-31-33)27-17-26(13-14-30-27)36-25-12-6-11-24(16-25)32-29(35)22-10-5-9-21(15-22)28(34)20-7-3-2-4-8-20/h2-19H,1H3,(H,32,35). The average Bonchev–Trinajstić information content (AvgIpc) is 3.35. The number of rotatable bonds is 7. The first-order valence-corrected chi connectivity index (χ1v) is 11.3. The molecular formula is C29H22N4O3. The predicted molar refractivity (Wildman–Crippen MR) is 137 cm³/mol. The molecule has 0 aliphatic heterocycles. The molecule has 2 aromatic heterocycles. The molecule has 0 saturated heterocycles. The number of aromatic nitrogens is 3. The summed E-state index contributed by atoms with van der Waals surface area (Å²) in [6.45, 7) is 0. The van der Waals surface area contributed by atoms with Gasteiger partial charge in [-0.3, -0.25) is 19.3 Å². The minimum Gasteiger partial charge on any atom is -0.457 e. The van der Waals surface area contributed by atoms with E-state index in [0.717, 1.165) is 11.3 Å². The molecule has 0 radical (unpaired) electrons. The van der Waals surface area contributed by atoms with Crippen molar-refractivity contribution in [3.05, 3.63) is 126 Å². The summed E-state index contributed by atoms with van der Waals surface area (Å²) < 4.78 is 7.72. The molecule has 7 nitrogen and oxygen atoms in total. The van der Waals surface area contributed by atoms with Crippen LogP contribution in [0.3, 0.4) is 0 Å². The Kier molecular flexibility index (Phi) is 6.36. The SMILES string of the molecule is Cn1cc(-c2cc(Oc3cccc(NC(=O)c4cccc(C(=O)c5ccccc5)c4)c3)ccn2)cn1. The van der Waals surface area contributed by atoms with E-state index in [-0.39, 0.29) is 11.7 Å². The molecule has 1 amide bonds. The van der Waals surface area contributed by atoms with Crippen molar-refractivity contribution >= 4 is 17.4 Å². The van der Waals surface area contributed by atoms with Crippen LogP contribution in [0.2, 0.25) is 0 Å². The molecule has 0 fully saturated rings. The number of benzene rings is 3. The van der Waals surface area contributed by atoms with E-state index >= 15 is 0 Å². The molecule has 0 aliphatic carbocycles. The minimum atomic E-state index is -0.322. The van der Waals surface area contributed by atoms with Crippen LogP contribution in [-0.4, -0.2) is 26.5 Å². The molecule has 2 heterocycles. The van der Waals surface area contributed by atoms with E-state index in [1.165, 1.54) is 0 Å². The number of pyridine rings is 1. The Morgan fingerprint density at radius 1 is 0.806 bits per heavy atom. The van der Waals surface area contributed by atoms with Crippen LogP contribution in [0.4, 0.5) is 5.69 Å². The molecule has 36 heavy (non-hydrogen) atoms. The quantitative estimate of drug-likeness (QED) is 0.303. The highest BCUT2D eigenvalue weighted by Crippen LogP contribution is 2.27. The monoisotopic (exact) mass is 474 g/mol. The molecule has 0 spiro atoms. The van der Waals surface area contributed by atoms with Crippen LogP contribution >= 0.6 is 0 Å². The van der Waals surface area contributed by atoms with E-state index in [9.17, 15) is 9.59 Å². The van der Waals surface area contributed by atoms with Crippen molar-refractivity contribution in [2.24, 2.45) is 7.05 Å². The summed E-state index contributed by atoms with van der Waals surface area (Å²) in [6, 6.07) is 26.4. The van der Waals surface area contributed by atoms with Crippen LogP contribution in [0.5, 0.6) is 11.5 Å². The highest BCUT2D eigenvalue weighted by atomic mass is 16.5. The summed E-state index contributed by atoms with van der Waals surface area (Å²) in [5, 5.41) is 7.05. The highest BCUT2D eigenvalue weighted by Gasteiger charge is 2.13. The summed E-state index contributed by atoms with van der Waals surface area (Å²) in [5.74, 6) is 0.713. The first-order valence-electron chi connectivity index (χ1n) is 11.3. The van der Waals surface area contributed by atoms with Gasteiger partial charge < -0.3 is 10.1 Å². The van der Waals surface area contributed by atoms with Crippen molar-refractivity contribution in [1.82, 2.24) is 14.8 Å². The molecule has 0 saturated carbocycles. The number of ketones is 1. The molecule has 3 aromatic carbocycles. The second-order valence-corrected chi connectivity index (χ2v) is 8.14. The molecule has 7 heteroatoms. The van der Waals surface area contributed by atoms with Gasteiger partial charge in [0.25, 0.3) is 5.91 Å². The molecular weight excluding hydrogens is 452 g/mol. The van der Waals surface area contributed by atoms with Crippen LogP contribution in [0.15, 0.2) is 110 Å². The summed E-state index contributed by atoms with van der Waals surface area (Å²) in [7, 11) is 1.85. The van der Waals surface area contributed by atoms with Crippen molar-refractivity contribution in [3.63, 3.8) is 0 Å². The maximum atomic E-state index is 12.9. The maximum absolute atomic E-state index is 12.9. The number of anilines is 1. The molecule has 176 valence electrons. The van der Waals surface area contributed by atoms with Crippen molar-refractivity contribution in [1.29, 1.82) is 0 Å². The third-order valence-corrected chi connectivity index (χ3v) is 5.48. The molecule has 5 rings (SSSR count). The van der Waals surface area contributed by atoms with Crippen LogP contribution in [0, 0.1) is 0 Å². The number of carbonyl (C=O) groups excluding carboxylic acids is 2. The lowest BCUT2D eigenvalue weighted by Crippen LogP contribution is -2.13. The third kappa shape index (κ3) is 5.20. The molecule has 0 atom stereocenters. The predicted octanol–water partition coefficient (Wildman–Crippen LogP) is 5.76. The van der Waals surface area contributed by atoms with Gasteiger partial charge in [0.15, 0.2) is 5.78 Å². The second kappa shape index (κ2) is 10.1. The zero-order valence-electron chi connectivity index (χ0n) is 19.5.